The minimum atomic E-state index is -1.13. The third kappa shape index (κ3) is 6.02. The van der Waals surface area contributed by atoms with Gasteiger partial charge in [-0.1, -0.05) is 32.8 Å². The predicted octanol–water partition coefficient (Wildman–Crippen LogP) is 3.90. The van der Waals surface area contributed by atoms with E-state index in [1.807, 2.05) is 0 Å². The van der Waals surface area contributed by atoms with Crippen LogP contribution in [0.2, 0.25) is 0 Å². The molecular weight excluding hydrogens is 356 g/mol. The van der Waals surface area contributed by atoms with Gasteiger partial charge in [0.2, 0.25) is 0 Å². The van der Waals surface area contributed by atoms with Crippen LogP contribution < -0.4 is 9.46 Å². The van der Waals surface area contributed by atoms with Crippen LogP contribution in [0.5, 0.6) is 5.88 Å². The van der Waals surface area contributed by atoms with E-state index >= 15 is 0 Å². The first-order valence-electron chi connectivity index (χ1n) is 7.18. The number of hydrogen-bond donors (Lipinski definition) is 1. The van der Waals surface area contributed by atoms with E-state index in [2.05, 4.69) is 46.2 Å². The minimum absolute atomic E-state index is 0.368. The molecule has 0 amide bonds. The van der Waals surface area contributed by atoms with E-state index in [1.54, 1.807) is 6.08 Å². The van der Waals surface area contributed by atoms with E-state index in [9.17, 15) is 4.55 Å². The standard InChI is InChI=1S/C14H23BrN2O3S/c1-4-7-9-19-14-12(15)13(20-16-14)11(6-3)17-21(18)10-8-5-2/h6,11,17H,3-5,7-10H2,1-2H3/t11-,21-/m0/s1. The molecule has 1 heterocycles. The highest BCUT2D eigenvalue weighted by Gasteiger charge is 2.25. The van der Waals surface area contributed by atoms with Gasteiger partial charge in [-0.2, -0.15) is 0 Å². The Morgan fingerprint density at radius 3 is 2.81 bits per heavy atom. The molecule has 0 aliphatic rings. The smallest absolute Gasteiger partial charge is 0.268 e. The summed E-state index contributed by atoms with van der Waals surface area (Å²) in [5, 5.41) is 3.90. The molecular formula is C14H23BrN2O3S. The zero-order valence-corrected chi connectivity index (χ0v) is 15.0. The van der Waals surface area contributed by atoms with Gasteiger partial charge in [0.05, 0.1) is 6.61 Å². The zero-order valence-electron chi connectivity index (χ0n) is 12.6. The van der Waals surface area contributed by atoms with Crippen LogP contribution in [0.4, 0.5) is 0 Å². The summed E-state index contributed by atoms with van der Waals surface area (Å²) < 4.78 is 26.4. The van der Waals surface area contributed by atoms with Gasteiger partial charge in [-0.3, -0.25) is 0 Å². The molecule has 1 N–H and O–H groups in total. The SMILES string of the molecule is C=C[C@H](N[S@@+]([O-])CCCC)c1onc(OCCCC)c1Br. The zero-order chi connectivity index (χ0) is 15.7. The topological polar surface area (TPSA) is 70.3 Å². The number of aromatic nitrogens is 1. The second-order valence-electron chi connectivity index (χ2n) is 4.60. The van der Waals surface area contributed by atoms with Gasteiger partial charge in [0.25, 0.3) is 5.88 Å². The molecule has 1 rings (SSSR count). The number of nitrogens with zero attached hydrogens (tertiary/aromatic N) is 1. The Kier molecular flexibility index (Phi) is 9.07. The molecule has 0 saturated heterocycles. The molecule has 0 spiro atoms. The van der Waals surface area contributed by atoms with Gasteiger partial charge in [-0.25, -0.2) is 0 Å². The van der Waals surface area contributed by atoms with Crippen LogP contribution in [0.3, 0.4) is 0 Å². The summed E-state index contributed by atoms with van der Waals surface area (Å²) in [5.74, 6) is 1.56. The van der Waals surface area contributed by atoms with E-state index in [-0.39, 0.29) is 6.04 Å². The molecule has 0 aromatic carbocycles. The molecule has 7 heteroatoms. The second-order valence-corrected chi connectivity index (χ2v) is 6.73. The highest BCUT2D eigenvalue weighted by atomic mass is 79.9. The first-order chi connectivity index (χ1) is 10.1. The summed E-state index contributed by atoms with van der Waals surface area (Å²) in [6.07, 6.45) is 5.57. The average Bonchev–Trinajstić information content (AvgIpc) is 2.84. The summed E-state index contributed by atoms with van der Waals surface area (Å²) >= 11 is 2.29. The van der Waals surface area contributed by atoms with E-state index < -0.39 is 11.4 Å². The highest BCUT2D eigenvalue weighted by molar-refractivity contribution is 9.10. The number of halogens is 1. The molecule has 1 aromatic rings. The lowest BCUT2D eigenvalue weighted by Gasteiger charge is -2.15. The fourth-order valence-electron chi connectivity index (χ4n) is 1.56. The van der Waals surface area contributed by atoms with Crippen LogP contribution in [-0.2, 0) is 11.4 Å². The van der Waals surface area contributed by atoms with Gasteiger partial charge in [0.1, 0.15) is 16.3 Å². The van der Waals surface area contributed by atoms with E-state index in [1.165, 1.54) is 0 Å². The lowest BCUT2D eigenvalue weighted by Crippen LogP contribution is -2.29. The van der Waals surface area contributed by atoms with Gasteiger partial charge in [0.15, 0.2) is 5.76 Å². The van der Waals surface area contributed by atoms with Crippen LogP contribution in [0.1, 0.15) is 51.3 Å². The minimum Gasteiger partial charge on any atom is -0.598 e. The van der Waals surface area contributed by atoms with Gasteiger partial charge in [-0.05, 0) is 33.9 Å². The second kappa shape index (κ2) is 10.3. The Balaban J connectivity index is 2.66. The van der Waals surface area contributed by atoms with E-state index in [4.69, 9.17) is 9.26 Å². The van der Waals surface area contributed by atoms with Crippen LogP contribution in [0.25, 0.3) is 0 Å². The van der Waals surface area contributed by atoms with Crippen molar-refractivity contribution in [2.45, 2.75) is 45.6 Å². The molecule has 0 aliphatic carbocycles. The molecule has 21 heavy (non-hydrogen) atoms. The lowest BCUT2D eigenvalue weighted by molar-refractivity contribution is 0.268. The van der Waals surface area contributed by atoms with Crippen LogP contribution >= 0.6 is 15.9 Å². The first kappa shape index (κ1) is 18.5. The molecule has 0 aliphatic heterocycles. The largest absolute Gasteiger partial charge is 0.598 e. The number of rotatable bonds is 11. The molecule has 0 bridgehead atoms. The van der Waals surface area contributed by atoms with Crippen molar-refractivity contribution >= 4 is 27.3 Å². The third-order valence-corrected chi connectivity index (χ3v) is 4.73. The number of ether oxygens (including phenoxy) is 1. The summed E-state index contributed by atoms with van der Waals surface area (Å²) in [6.45, 7) is 8.50. The van der Waals surface area contributed by atoms with Crippen molar-refractivity contribution in [3.63, 3.8) is 0 Å². The Morgan fingerprint density at radius 2 is 2.19 bits per heavy atom. The summed E-state index contributed by atoms with van der Waals surface area (Å²) in [7, 11) is 0. The first-order valence-corrected chi connectivity index (χ1v) is 9.30. The number of nitrogens with one attached hydrogen (secondary N) is 1. The van der Waals surface area contributed by atoms with Crippen molar-refractivity contribution in [2.75, 3.05) is 12.4 Å². The Labute approximate surface area is 137 Å². The molecule has 0 radical (unpaired) electrons. The predicted molar refractivity (Wildman–Crippen MR) is 88.6 cm³/mol. The van der Waals surface area contributed by atoms with Crippen molar-refractivity contribution in [1.29, 1.82) is 0 Å². The van der Waals surface area contributed by atoms with Gasteiger partial charge < -0.3 is 13.8 Å². The Hall–Kier alpha value is -0.500. The maximum atomic E-state index is 11.9. The van der Waals surface area contributed by atoms with Gasteiger partial charge >= 0.3 is 0 Å². The molecule has 0 fully saturated rings. The Bertz CT molecular complexity index is 428. The third-order valence-electron chi connectivity index (χ3n) is 2.83. The normalized spacial score (nSPS) is 13.9. The molecule has 120 valence electrons. The summed E-state index contributed by atoms with van der Waals surface area (Å²) in [4.78, 5) is 0. The number of unbranched alkanes of at least 4 members (excludes halogenated alkanes) is 2. The van der Waals surface area contributed by atoms with Crippen molar-refractivity contribution in [2.24, 2.45) is 0 Å². The maximum absolute atomic E-state index is 11.9. The monoisotopic (exact) mass is 378 g/mol. The Morgan fingerprint density at radius 1 is 1.48 bits per heavy atom. The molecule has 0 saturated carbocycles. The quantitative estimate of drug-likeness (QED) is 0.359. The van der Waals surface area contributed by atoms with Gasteiger partial charge in [-0.15, -0.1) is 11.3 Å². The van der Waals surface area contributed by atoms with Crippen LogP contribution in [0.15, 0.2) is 21.7 Å². The maximum Gasteiger partial charge on any atom is 0.268 e. The average molecular weight is 379 g/mol. The van der Waals surface area contributed by atoms with E-state index in [0.29, 0.717) is 28.5 Å². The number of hydrogen-bond acceptors (Lipinski definition) is 5. The summed E-state index contributed by atoms with van der Waals surface area (Å²) in [6, 6.07) is -0.368. The van der Waals surface area contributed by atoms with Crippen molar-refractivity contribution in [3.8, 4) is 5.88 Å². The van der Waals surface area contributed by atoms with Crippen LogP contribution in [-0.4, -0.2) is 22.1 Å². The van der Waals surface area contributed by atoms with Crippen molar-refractivity contribution < 1.29 is 13.8 Å². The highest BCUT2D eigenvalue weighted by Crippen LogP contribution is 2.33. The fourth-order valence-corrected chi connectivity index (χ4v) is 3.22. The summed E-state index contributed by atoms with van der Waals surface area (Å²) in [5.41, 5.74) is 0. The van der Waals surface area contributed by atoms with Crippen molar-refractivity contribution in [1.82, 2.24) is 9.88 Å². The van der Waals surface area contributed by atoms with Gasteiger partial charge in [0, 0.05) is 11.4 Å². The molecule has 5 nitrogen and oxygen atoms in total. The molecule has 1 aromatic heterocycles. The van der Waals surface area contributed by atoms with Crippen LogP contribution in [0, 0.1) is 0 Å². The van der Waals surface area contributed by atoms with E-state index in [0.717, 1.165) is 25.7 Å². The van der Waals surface area contributed by atoms with Crippen molar-refractivity contribution in [3.05, 3.63) is 22.9 Å². The lowest BCUT2D eigenvalue weighted by atomic mass is 10.2. The fraction of sp³-hybridized carbons (Fsp3) is 0.643. The molecule has 0 unspecified atom stereocenters. The molecule has 2 atom stereocenters.